The fourth-order valence-corrected chi connectivity index (χ4v) is 4.21. The Morgan fingerprint density at radius 3 is 2.07 bits per heavy atom. The highest BCUT2D eigenvalue weighted by Gasteiger charge is 2.33. The molecule has 0 heterocycles. The number of ether oxygens (including phenoxy) is 2. The Morgan fingerprint density at radius 1 is 0.933 bits per heavy atom. The Bertz CT molecular complexity index is 1410. The number of rotatable bonds is 13. The zero-order valence-electron chi connectivity index (χ0n) is 25.9. The van der Waals surface area contributed by atoms with Crippen molar-refractivity contribution in [3.05, 3.63) is 63.5 Å². The molecule has 5 N–H and O–H groups in total. The fourth-order valence-electron chi connectivity index (χ4n) is 4.21. The van der Waals surface area contributed by atoms with E-state index < -0.39 is 81.4 Å². The lowest BCUT2D eigenvalue weighted by Gasteiger charge is -2.28. The maximum atomic E-state index is 13.9. The number of phenols is 2. The van der Waals surface area contributed by atoms with E-state index >= 15 is 0 Å². The third-order valence-electron chi connectivity index (χ3n) is 6.73. The van der Waals surface area contributed by atoms with Crippen LogP contribution in [0.3, 0.4) is 0 Å². The summed E-state index contributed by atoms with van der Waals surface area (Å²) in [6.45, 7) is 8.47. The maximum absolute atomic E-state index is 13.9. The second-order valence-corrected chi connectivity index (χ2v) is 11.4. The summed E-state index contributed by atoms with van der Waals surface area (Å²) >= 11 is 0. The number of aromatic hydroxyl groups is 2. The molecule has 14 nitrogen and oxygen atoms in total. The monoisotopic (exact) mass is 634 g/mol. The van der Waals surface area contributed by atoms with Crippen LogP contribution in [0.2, 0.25) is 0 Å². The summed E-state index contributed by atoms with van der Waals surface area (Å²) in [5, 5.41) is 38.5. The highest BCUT2D eigenvalue weighted by atomic mass is 19.1. The van der Waals surface area contributed by atoms with Gasteiger partial charge in [0.15, 0.2) is 11.5 Å². The molecular formula is C30H39FN4O10. The summed E-state index contributed by atoms with van der Waals surface area (Å²) in [5.41, 5.74) is -1.22. The van der Waals surface area contributed by atoms with Crippen molar-refractivity contribution < 1.29 is 48.2 Å². The third kappa shape index (κ3) is 10.9. The molecule has 246 valence electrons. The van der Waals surface area contributed by atoms with Gasteiger partial charge in [-0.25, -0.2) is 9.59 Å². The van der Waals surface area contributed by atoms with Crippen LogP contribution in [-0.4, -0.2) is 69.8 Å². The molecule has 2 aromatic carbocycles. The van der Waals surface area contributed by atoms with Crippen molar-refractivity contribution in [3.63, 3.8) is 0 Å². The number of benzene rings is 2. The first kappa shape index (κ1) is 36.2. The van der Waals surface area contributed by atoms with Gasteiger partial charge < -0.3 is 35.6 Å². The van der Waals surface area contributed by atoms with Gasteiger partial charge in [-0.2, -0.15) is 4.39 Å². The van der Waals surface area contributed by atoms with Gasteiger partial charge in [-0.15, -0.1) is 0 Å². The number of amides is 3. The summed E-state index contributed by atoms with van der Waals surface area (Å²) in [4.78, 5) is 62.6. The van der Waals surface area contributed by atoms with Crippen LogP contribution in [0.25, 0.3) is 0 Å². The summed E-state index contributed by atoms with van der Waals surface area (Å²) in [6, 6.07) is 2.82. The van der Waals surface area contributed by atoms with Crippen molar-refractivity contribution in [2.75, 3.05) is 7.11 Å². The first-order valence-corrected chi connectivity index (χ1v) is 14.1. The number of phenolic OH excluding ortho intramolecular Hbond substituents is 2. The van der Waals surface area contributed by atoms with Gasteiger partial charge in [-0.05, 0) is 56.0 Å². The number of halogens is 1. The Hall–Kier alpha value is -4.95. The predicted octanol–water partition coefficient (Wildman–Crippen LogP) is 3.01. The van der Waals surface area contributed by atoms with E-state index in [1.807, 2.05) is 0 Å². The number of nitro groups is 1. The first-order valence-electron chi connectivity index (χ1n) is 14.1. The van der Waals surface area contributed by atoms with E-state index in [1.165, 1.54) is 24.3 Å². The summed E-state index contributed by atoms with van der Waals surface area (Å²) < 4.78 is 24.0. The van der Waals surface area contributed by atoms with Gasteiger partial charge in [-0.3, -0.25) is 19.7 Å². The van der Waals surface area contributed by atoms with Crippen molar-refractivity contribution in [1.82, 2.24) is 16.0 Å². The van der Waals surface area contributed by atoms with Gasteiger partial charge in [0.25, 0.3) is 0 Å². The molecule has 45 heavy (non-hydrogen) atoms. The van der Waals surface area contributed by atoms with Gasteiger partial charge in [0.1, 0.15) is 23.7 Å². The number of nitro benzene ring substituents is 1. The molecule has 4 atom stereocenters. The van der Waals surface area contributed by atoms with Gasteiger partial charge in [0.2, 0.25) is 17.6 Å². The molecule has 0 bridgehead atoms. The minimum Gasteiger partial charge on any atom is -0.504 e. The molecule has 0 spiro atoms. The van der Waals surface area contributed by atoms with Crippen molar-refractivity contribution in [1.29, 1.82) is 0 Å². The Labute approximate surface area is 259 Å². The number of nitrogens with zero attached hydrogens (tertiary/aromatic N) is 1. The van der Waals surface area contributed by atoms with E-state index in [-0.39, 0.29) is 18.4 Å². The summed E-state index contributed by atoms with van der Waals surface area (Å²) in [5.74, 6) is -4.94. The Balaban J connectivity index is 2.41. The van der Waals surface area contributed by atoms with E-state index in [4.69, 9.17) is 9.47 Å². The number of methoxy groups -OCH3 is 1. The van der Waals surface area contributed by atoms with Gasteiger partial charge in [-0.1, -0.05) is 32.4 Å². The molecule has 0 aliphatic heterocycles. The number of alkyl carbamates (subject to hydrolysis) is 1. The minimum absolute atomic E-state index is 0.140. The van der Waals surface area contributed by atoms with E-state index in [1.54, 1.807) is 34.6 Å². The average Bonchev–Trinajstić information content (AvgIpc) is 2.95. The molecule has 0 radical (unpaired) electrons. The molecule has 0 unspecified atom stereocenters. The standard InChI is InChI=1S/C30H39FN4O10/c1-7-16(2)25(34-29(41)45-30(3,4)5)27(39)32-20(12-18-9-11-23(36)24(37)15-18)26(38)33-21(28(40)44-6)13-17-8-10-19(31)22(14-17)35(42)43/h8-11,14-16,20-21,25,36-37H,7,12-13H2,1-6H3,(H,32,39)(H,33,38)(H,34,41)/t16-,20-,21-,25-/m0/s1. The van der Waals surface area contributed by atoms with Gasteiger partial charge in [0, 0.05) is 18.9 Å². The van der Waals surface area contributed by atoms with Gasteiger partial charge in [0.05, 0.1) is 12.0 Å². The fraction of sp³-hybridized carbons (Fsp3) is 0.467. The predicted molar refractivity (Wildman–Crippen MR) is 159 cm³/mol. The smallest absolute Gasteiger partial charge is 0.408 e. The molecule has 0 aromatic heterocycles. The van der Waals surface area contributed by atoms with Gasteiger partial charge >= 0.3 is 17.7 Å². The van der Waals surface area contributed by atoms with Crippen LogP contribution in [-0.2, 0) is 36.7 Å². The highest BCUT2D eigenvalue weighted by Crippen LogP contribution is 2.26. The van der Waals surface area contributed by atoms with Crippen LogP contribution in [0.15, 0.2) is 36.4 Å². The quantitative estimate of drug-likeness (QED) is 0.0942. The molecule has 2 aromatic rings. The maximum Gasteiger partial charge on any atom is 0.408 e. The molecule has 3 amide bonds. The van der Waals surface area contributed by atoms with Crippen LogP contribution in [0.5, 0.6) is 11.5 Å². The average molecular weight is 635 g/mol. The Kier molecular flexibility index (Phi) is 12.6. The molecule has 15 heteroatoms. The van der Waals surface area contributed by atoms with Crippen molar-refractivity contribution in [2.45, 2.75) is 77.6 Å². The van der Waals surface area contributed by atoms with Crippen LogP contribution in [0.4, 0.5) is 14.9 Å². The molecule has 0 saturated carbocycles. The van der Waals surface area contributed by atoms with Crippen LogP contribution >= 0.6 is 0 Å². The lowest BCUT2D eigenvalue weighted by molar-refractivity contribution is -0.387. The Morgan fingerprint density at radius 2 is 1.51 bits per heavy atom. The minimum atomic E-state index is -1.41. The number of hydrogen-bond donors (Lipinski definition) is 5. The first-order chi connectivity index (χ1) is 20.9. The number of carbonyl (C=O) groups excluding carboxylic acids is 4. The highest BCUT2D eigenvalue weighted by molar-refractivity contribution is 5.93. The largest absolute Gasteiger partial charge is 0.504 e. The topological polar surface area (TPSA) is 206 Å². The summed E-state index contributed by atoms with van der Waals surface area (Å²) in [6.07, 6.45) is -0.951. The lowest BCUT2D eigenvalue weighted by Crippen LogP contribution is -2.58. The molecule has 0 aliphatic rings. The summed E-state index contributed by atoms with van der Waals surface area (Å²) in [7, 11) is 1.06. The number of carbonyl (C=O) groups is 4. The van der Waals surface area contributed by atoms with E-state index in [0.717, 1.165) is 19.2 Å². The van der Waals surface area contributed by atoms with E-state index in [2.05, 4.69) is 16.0 Å². The number of hydrogen-bond acceptors (Lipinski definition) is 10. The molecule has 0 aliphatic carbocycles. The molecule has 0 fully saturated rings. The number of nitrogens with one attached hydrogen (secondary N) is 3. The van der Waals surface area contributed by atoms with Crippen molar-refractivity contribution in [3.8, 4) is 11.5 Å². The van der Waals surface area contributed by atoms with E-state index in [0.29, 0.717) is 12.0 Å². The lowest BCUT2D eigenvalue weighted by atomic mass is 9.97. The zero-order chi connectivity index (χ0) is 34.1. The zero-order valence-corrected chi connectivity index (χ0v) is 25.9. The SMILES string of the molecule is CC[C@H](C)[C@H](NC(=O)OC(C)(C)C)C(=O)N[C@@H](Cc1ccc(O)c(O)c1)C(=O)N[C@@H](Cc1ccc(F)c([N+](=O)[O-])c1)C(=O)OC. The van der Waals surface area contributed by atoms with E-state index in [9.17, 15) is 43.9 Å². The normalized spacial score (nSPS) is 13.8. The second-order valence-electron chi connectivity index (χ2n) is 11.4. The number of esters is 1. The molecule has 0 saturated heterocycles. The van der Waals surface area contributed by atoms with Crippen LogP contribution in [0, 0.1) is 21.8 Å². The molecule has 2 rings (SSSR count). The van der Waals surface area contributed by atoms with Crippen LogP contribution in [0.1, 0.15) is 52.2 Å². The second kappa shape index (κ2) is 15.7. The third-order valence-corrected chi connectivity index (χ3v) is 6.73. The van der Waals surface area contributed by atoms with Crippen LogP contribution < -0.4 is 16.0 Å². The van der Waals surface area contributed by atoms with Crippen molar-refractivity contribution >= 4 is 29.6 Å². The van der Waals surface area contributed by atoms with Crippen molar-refractivity contribution in [2.24, 2.45) is 5.92 Å². The molecular weight excluding hydrogens is 595 g/mol.